The molecule has 1 aromatic rings. The maximum atomic E-state index is 11.8. The molecule has 2 fully saturated rings. The molecule has 1 aromatic carbocycles. The molecule has 0 radical (unpaired) electrons. The van der Waals surface area contributed by atoms with Crippen molar-refractivity contribution < 1.29 is 8.42 Å². The number of sulfone groups is 1. The van der Waals surface area contributed by atoms with Crippen molar-refractivity contribution in [2.75, 3.05) is 19.3 Å². The molecule has 2 heterocycles. The number of nitrogens with zero attached hydrogens (tertiary/aromatic N) is 1. The van der Waals surface area contributed by atoms with Crippen LogP contribution in [0.3, 0.4) is 0 Å². The van der Waals surface area contributed by atoms with Crippen LogP contribution >= 0.6 is 0 Å². The van der Waals surface area contributed by atoms with Gasteiger partial charge < -0.3 is 5.32 Å². The Labute approximate surface area is 108 Å². The normalized spacial score (nSPS) is 27.8. The largest absolute Gasteiger partial charge is 0.314 e. The lowest BCUT2D eigenvalue weighted by Crippen LogP contribution is -2.67. The van der Waals surface area contributed by atoms with E-state index in [1.54, 1.807) is 12.1 Å². The summed E-state index contributed by atoms with van der Waals surface area (Å²) in [4.78, 5) is 2.89. The molecule has 0 aliphatic carbocycles. The Balaban J connectivity index is 1.85. The lowest BCUT2D eigenvalue weighted by atomic mass is 9.88. The SMILES string of the molecule is CS(=O)(=O)c1ccccc1CN1C2CNCC1C2. The Bertz CT molecular complexity index is 542. The van der Waals surface area contributed by atoms with E-state index in [1.165, 1.54) is 12.7 Å². The van der Waals surface area contributed by atoms with Crippen molar-refractivity contribution in [3.63, 3.8) is 0 Å². The molecule has 18 heavy (non-hydrogen) atoms. The van der Waals surface area contributed by atoms with Gasteiger partial charge in [-0.15, -0.1) is 0 Å². The van der Waals surface area contributed by atoms with Gasteiger partial charge in [0.05, 0.1) is 4.90 Å². The standard InChI is InChI=1S/C13H18N2O2S/c1-18(16,17)13-5-3-2-4-10(13)9-15-11-6-12(15)8-14-7-11/h2-5,11-12,14H,6-9H2,1H3. The van der Waals surface area contributed by atoms with Crippen molar-refractivity contribution in [3.05, 3.63) is 29.8 Å². The van der Waals surface area contributed by atoms with Crippen LogP contribution in [0.1, 0.15) is 12.0 Å². The predicted molar refractivity (Wildman–Crippen MR) is 70.2 cm³/mol. The summed E-state index contributed by atoms with van der Waals surface area (Å²) in [6.07, 6.45) is 2.53. The summed E-state index contributed by atoms with van der Waals surface area (Å²) in [5, 5.41) is 3.38. The highest BCUT2D eigenvalue weighted by Gasteiger charge is 2.41. The van der Waals surface area contributed by atoms with E-state index in [-0.39, 0.29) is 0 Å². The topological polar surface area (TPSA) is 49.4 Å². The van der Waals surface area contributed by atoms with E-state index in [9.17, 15) is 8.42 Å². The van der Waals surface area contributed by atoms with Gasteiger partial charge in [-0.1, -0.05) is 18.2 Å². The first kappa shape index (κ1) is 12.1. The summed E-state index contributed by atoms with van der Waals surface area (Å²) in [6, 6.07) is 8.50. The summed E-state index contributed by atoms with van der Waals surface area (Å²) in [7, 11) is -3.13. The minimum Gasteiger partial charge on any atom is -0.314 e. The molecular weight excluding hydrogens is 248 g/mol. The van der Waals surface area contributed by atoms with E-state index in [4.69, 9.17) is 0 Å². The number of hydrogen-bond donors (Lipinski definition) is 1. The number of piperazine rings is 1. The smallest absolute Gasteiger partial charge is 0.175 e. The van der Waals surface area contributed by atoms with Crippen LogP contribution in [0.2, 0.25) is 0 Å². The van der Waals surface area contributed by atoms with E-state index < -0.39 is 9.84 Å². The van der Waals surface area contributed by atoms with Gasteiger partial charge in [-0.2, -0.15) is 0 Å². The summed E-state index contributed by atoms with van der Waals surface area (Å²) in [6.45, 7) is 2.80. The highest BCUT2D eigenvalue weighted by atomic mass is 32.2. The second-order valence-corrected chi connectivity index (χ2v) is 7.24. The minimum atomic E-state index is -3.13. The average Bonchev–Trinajstić information content (AvgIpc) is 2.36. The molecule has 2 aliphatic rings. The molecule has 2 bridgehead atoms. The third-order valence-electron chi connectivity index (χ3n) is 3.97. The molecule has 0 spiro atoms. The average molecular weight is 266 g/mol. The fraction of sp³-hybridized carbons (Fsp3) is 0.538. The van der Waals surface area contributed by atoms with Crippen LogP contribution in [0.5, 0.6) is 0 Å². The molecule has 5 heteroatoms. The van der Waals surface area contributed by atoms with Crippen LogP contribution in [0.4, 0.5) is 0 Å². The van der Waals surface area contributed by atoms with Crippen LogP contribution in [-0.2, 0) is 16.4 Å². The number of piperidine rings is 1. The summed E-state index contributed by atoms with van der Waals surface area (Å²) >= 11 is 0. The summed E-state index contributed by atoms with van der Waals surface area (Å²) < 4.78 is 23.5. The van der Waals surface area contributed by atoms with E-state index >= 15 is 0 Å². The monoisotopic (exact) mass is 266 g/mol. The summed E-state index contributed by atoms with van der Waals surface area (Å²) in [5.74, 6) is 0. The summed E-state index contributed by atoms with van der Waals surface area (Å²) in [5.41, 5.74) is 0.927. The van der Waals surface area contributed by atoms with Crippen LogP contribution in [0, 0.1) is 0 Å². The number of fused-ring (bicyclic) bond motifs is 2. The Morgan fingerprint density at radius 2 is 1.94 bits per heavy atom. The molecule has 2 aliphatic heterocycles. The van der Waals surface area contributed by atoms with Gasteiger partial charge in [0.2, 0.25) is 0 Å². The Hall–Kier alpha value is -0.910. The Kier molecular flexibility index (Phi) is 2.92. The van der Waals surface area contributed by atoms with Gasteiger partial charge in [-0.3, -0.25) is 4.90 Å². The fourth-order valence-corrected chi connectivity index (χ4v) is 3.95. The van der Waals surface area contributed by atoms with Gasteiger partial charge in [-0.05, 0) is 18.1 Å². The Morgan fingerprint density at radius 3 is 2.56 bits per heavy atom. The highest BCUT2D eigenvalue weighted by molar-refractivity contribution is 7.90. The molecule has 1 N–H and O–H groups in total. The zero-order chi connectivity index (χ0) is 12.8. The zero-order valence-electron chi connectivity index (χ0n) is 10.5. The third kappa shape index (κ3) is 2.06. The molecule has 2 unspecified atom stereocenters. The highest BCUT2D eigenvalue weighted by Crippen LogP contribution is 2.31. The van der Waals surface area contributed by atoms with Crippen molar-refractivity contribution in [3.8, 4) is 0 Å². The van der Waals surface area contributed by atoms with Crippen LogP contribution < -0.4 is 5.32 Å². The number of hydrogen-bond acceptors (Lipinski definition) is 4. The van der Waals surface area contributed by atoms with Gasteiger partial charge in [0.15, 0.2) is 9.84 Å². The molecule has 0 aromatic heterocycles. The van der Waals surface area contributed by atoms with Gasteiger partial charge in [0.25, 0.3) is 0 Å². The van der Waals surface area contributed by atoms with E-state index in [0.29, 0.717) is 17.0 Å². The van der Waals surface area contributed by atoms with Crippen molar-refractivity contribution in [2.24, 2.45) is 0 Å². The van der Waals surface area contributed by atoms with Gasteiger partial charge in [0, 0.05) is 38.0 Å². The van der Waals surface area contributed by atoms with Crippen molar-refractivity contribution in [2.45, 2.75) is 29.9 Å². The molecule has 2 saturated heterocycles. The first-order valence-corrected chi connectivity index (χ1v) is 8.19. The molecule has 4 nitrogen and oxygen atoms in total. The molecule has 3 rings (SSSR count). The second-order valence-electron chi connectivity index (χ2n) is 5.25. The lowest BCUT2D eigenvalue weighted by molar-refractivity contribution is -0.0212. The number of rotatable bonds is 3. The molecule has 98 valence electrons. The molecule has 0 amide bonds. The lowest BCUT2D eigenvalue weighted by Gasteiger charge is -2.53. The van der Waals surface area contributed by atoms with Gasteiger partial charge in [0.1, 0.15) is 0 Å². The minimum absolute atomic E-state index is 0.475. The number of benzene rings is 1. The number of nitrogens with one attached hydrogen (secondary N) is 1. The first-order valence-electron chi connectivity index (χ1n) is 6.30. The second kappa shape index (κ2) is 4.33. The van der Waals surface area contributed by atoms with Crippen molar-refractivity contribution in [1.29, 1.82) is 0 Å². The fourth-order valence-electron chi connectivity index (χ4n) is 3.01. The first-order chi connectivity index (χ1) is 8.55. The molecule has 2 atom stereocenters. The van der Waals surface area contributed by atoms with Gasteiger partial charge in [-0.25, -0.2) is 8.42 Å². The maximum Gasteiger partial charge on any atom is 0.175 e. The Morgan fingerprint density at radius 1 is 1.28 bits per heavy atom. The van der Waals surface area contributed by atoms with Crippen LogP contribution in [-0.4, -0.2) is 44.7 Å². The van der Waals surface area contributed by atoms with Crippen LogP contribution in [0.15, 0.2) is 29.2 Å². The van der Waals surface area contributed by atoms with Crippen molar-refractivity contribution >= 4 is 9.84 Å². The zero-order valence-corrected chi connectivity index (χ0v) is 11.3. The quantitative estimate of drug-likeness (QED) is 0.872. The predicted octanol–water partition coefficient (Wildman–Crippen LogP) is 0.636. The third-order valence-corrected chi connectivity index (χ3v) is 5.16. The maximum absolute atomic E-state index is 11.8. The van der Waals surface area contributed by atoms with E-state index in [1.807, 2.05) is 12.1 Å². The molecular formula is C13H18N2O2S. The van der Waals surface area contributed by atoms with Gasteiger partial charge >= 0.3 is 0 Å². The van der Waals surface area contributed by atoms with Crippen molar-refractivity contribution in [1.82, 2.24) is 10.2 Å². The van der Waals surface area contributed by atoms with E-state index in [2.05, 4.69) is 10.2 Å². The van der Waals surface area contributed by atoms with E-state index in [0.717, 1.165) is 25.2 Å². The van der Waals surface area contributed by atoms with Crippen LogP contribution in [0.25, 0.3) is 0 Å². The molecule has 0 saturated carbocycles.